The van der Waals surface area contributed by atoms with Gasteiger partial charge in [-0.3, -0.25) is 5.41 Å². The van der Waals surface area contributed by atoms with Gasteiger partial charge in [-0.2, -0.15) is 0 Å². The molecule has 3 N–H and O–H groups in total. The first-order valence-electron chi connectivity index (χ1n) is 5.68. The predicted octanol–water partition coefficient (Wildman–Crippen LogP) is 2.97. The lowest BCUT2D eigenvalue weighted by Gasteiger charge is -2.10. The lowest BCUT2D eigenvalue weighted by Crippen LogP contribution is -2.12. The standard InChI is InChI=1S/C14H11F3N2O/c15-10-4-2-1-3-8(10)7-20-13-11(16)5-9(14(18)19)6-12(13)17/h1-6H,7H2,(H3,18,19). The maximum atomic E-state index is 13.7. The average Bonchev–Trinajstić information content (AvgIpc) is 2.39. The molecule has 0 unspecified atom stereocenters. The predicted molar refractivity (Wildman–Crippen MR) is 68.1 cm³/mol. The number of rotatable bonds is 4. The van der Waals surface area contributed by atoms with Gasteiger partial charge in [0.1, 0.15) is 18.3 Å². The molecule has 0 heterocycles. The molecular weight excluding hydrogens is 269 g/mol. The SMILES string of the molecule is N=C(N)c1cc(F)c(OCc2ccccc2F)c(F)c1. The zero-order valence-electron chi connectivity index (χ0n) is 10.3. The van der Waals surface area contributed by atoms with E-state index in [9.17, 15) is 13.2 Å². The van der Waals surface area contributed by atoms with E-state index in [1.165, 1.54) is 18.2 Å². The maximum Gasteiger partial charge on any atom is 0.191 e. The molecule has 0 radical (unpaired) electrons. The first kappa shape index (κ1) is 13.9. The van der Waals surface area contributed by atoms with Crippen LogP contribution in [0, 0.1) is 22.9 Å². The maximum absolute atomic E-state index is 13.7. The highest BCUT2D eigenvalue weighted by Crippen LogP contribution is 2.24. The Morgan fingerprint density at radius 2 is 1.65 bits per heavy atom. The van der Waals surface area contributed by atoms with Crippen LogP contribution in [0.15, 0.2) is 36.4 Å². The van der Waals surface area contributed by atoms with Gasteiger partial charge in [0.25, 0.3) is 0 Å². The molecule has 0 amide bonds. The van der Waals surface area contributed by atoms with E-state index in [0.717, 1.165) is 12.1 Å². The number of nitrogens with one attached hydrogen (secondary N) is 1. The summed E-state index contributed by atoms with van der Waals surface area (Å²) < 4.78 is 45.6. The van der Waals surface area contributed by atoms with Crippen molar-refractivity contribution in [3.05, 3.63) is 65.0 Å². The van der Waals surface area contributed by atoms with Gasteiger partial charge in [-0.1, -0.05) is 18.2 Å². The molecule has 20 heavy (non-hydrogen) atoms. The Labute approximate surface area is 113 Å². The fourth-order valence-corrected chi connectivity index (χ4v) is 1.62. The number of benzene rings is 2. The molecule has 0 saturated carbocycles. The molecule has 0 fully saturated rings. The van der Waals surface area contributed by atoms with Crippen LogP contribution in [-0.2, 0) is 6.61 Å². The van der Waals surface area contributed by atoms with Crippen LogP contribution in [0.3, 0.4) is 0 Å². The van der Waals surface area contributed by atoms with Crippen molar-refractivity contribution in [3.8, 4) is 5.75 Å². The van der Waals surface area contributed by atoms with Gasteiger partial charge in [-0.05, 0) is 18.2 Å². The topological polar surface area (TPSA) is 59.1 Å². The van der Waals surface area contributed by atoms with Crippen LogP contribution in [0.1, 0.15) is 11.1 Å². The van der Waals surface area contributed by atoms with Gasteiger partial charge >= 0.3 is 0 Å². The second-order valence-corrected chi connectivity index (χ2v) is 4.06. The lowest BCUT2D eigenvalue weighted by molar-refractivity contribution is 0.269. The van der Waals surface area contributed by atoms with Crippen molar-refractivity contribution in [2.24, 2.45) is 5.73 Å². The molecule has 2 aromatic carbocycles. The zero-order valence-corrected chi connectivity index (χ0v) is 10.3. The van der Waals surface area contributed by atoms with Crippen molar-refractivity contribution in [1.29, 1.82) is 5.41 Å². The third-order valence-corrected chi connectivity index (χ3v) is 2.64. The first-order valence-corrected chi connectivity index (χ1v) is 5.68. The molecule has 104 valence electrons. The number of ether oxygens (including phenoxy) is 1. The molecule has 0 saturated heterocycles. The van der Waals surface area contributed by atoms with Gasteiger partial charge in [0, 0.05) is 11.1 Å². The minimum atomic E-state index is -0.994. The molecule has 0 aromatic heterocycles. The molecule has 6 heteroatoms. The number of nitrogens with two attached hydrogens (primary N) is 1. The summed E-state index contributed by atoms with van der Waals surface area (Å²) in [5.41, 5.74) is 5.24. The van der Waals surface area contributed by atoms with E-state index in [4.69, 9.17) is 15.9 Å². The van der Waals surface area contributed by atoms with Gasteiger partial charge in [0.2, 0.25) is 0 Å². The van der Waals surface area contributed by atoms with Crippen molar-refractivity contribution < 1.29 is 17.9 Å². The highest BCUT2D eigenvalue weighted by molar-refractivity contribution is 5.95. The van der Waals surface area contributed by atoms with E-state index in [1.807, 2.05) is 0 Å². The highest BCUT2D eigenvalue weighted by Gasteiger charge is 2.14. The Kier molecular flexibility index (Phi) is 3.93. The number of hydrogen-bond donors (Lipinski definition) is 2. The fraction of sp³-hybridized carbons (Fsp3) is 0.0714. The molecule has 0 bridgehead atoms. The Bertz CT molecular complexity index is 636. The van der Waals surface area contributed by atoms with Crippen molar-refractivity contribution >= 4 is 5.84 Å². The van der Waals surface area contributed by atoms with Crippen molar-refractivity contribution in [1.82, 2.24) is 0 Å². The van der Waals surface area contributed by atoms with Gasteiger partial charge in [0.05, 0.1) is 0 Å². The molecule has 0 atom stereocenters. The quantitative estimate of drug-likeness (QED) is 0.668. The largest absolute Gasteiger partial charge is 0.483 e. The first-order chi connectivity index (χ1) is 9.49. The van der Waals surface area contributed by atoms with Crippen LogP contribution in [-0.4, -0.2) is 5.84 Å². The molecule has 3 nitrogen and oxygen atoms in total. The van der Waals surface area contributed by atoms with Crippen LogP contribution in [0.5, 0.6) is 5.75 Å². The molecule has 0 spiro atoms. The van der Waals surface area contributed by atoms with Crippen molar-refractivity contribution in [2.45, 2.75) is 6.61 Å². The summed E-state index contributed by atoms with van der Waals surface area (Å²) in [4.78, 5) is 0. The zero-order chi connectivity index (χ0) is 14.7. The molecule has 0 aliphatic rings. The highest BCUT2D eigenvalue weighted by atomic mass is 19.1. The van der Waals surface area contributed by atoms with E-state index in [-0.39, 0.29) is 17.7 Å². The molecular formula is C14H11F3N2O. The van der Waals surface area contributed by atoms with Gasteiger partial charge < -0.3 is 10.5 Å². The van der Waals surface area contributed by atoms with E-state index in [0.29, 0.717) is 0 Å². The van der Waals surface area contributed by atoms with E-state index in [2.05, 4.69) is 0 Å². The number of halogens is 3. The second kappa shape index (κ2) is 5.64. The molecule has 2 rings (SSSR count). The Morgan fingerprint density at radius 1 is 1.05 bits per heavy atom. The smallest absolute Gasteiger partial charge is 0.191 e. The summed E-state index contributed by atoms with van der Waals surface area (Å²) in [7, 11) is 0. The summed E-state index contributed by atoms with van der Waals surface area (Å²) in [5, 5.41) is 7.12. The average molecular weight is 280 g/mol. The van der Waals surface area contributed by atoms with Crippen LogP contribution >= 0.6 is 0 Å². The monoisotopic (exact) mass is 280 g/mol. The van der Waals surface area contributed by atoms with E-state index >= 15 is 0 Å². The minimum Gasteiger partial charge on any atom is -0.483 e. The number of hydrogen-bond acceptors (Lipinski definition) is 2. The van der Waals surface area contributed by atoms with Crippen molar-refractivity contribution in [3.63, 3.8) is 0 Å². The summed E-state index contributed by atoms with van der Waals surface area (Å²) >= 11 is 0. The Balaban J connectivity index is 2.22. The Hall–Kier alpha value is -2.50. The van der Waals surface area contributed by atoms with Gasteiger partial charge in [-0.25, -0.2) is 13.2 Å². The fourth-order valence-electron chi connectivity index (χ4n) is 1.62. The third kappa shape index (κ3) is 2.90. The molecule has 0 aliphatic carbocycles. The van der Waals surface area contributed by atoms with Gasteiger partial charge in [-0.15, -0.1) is 0 Å². The van der Waals surface area contributed by atoms with E-state index < -0.39 is 29.0 Å². The summed E-state index contributed by atoms with van der Waals surface area (Å²) in [6.07, 6.45) is 0. The second-order valence-electron chi connectivity index (χ2n) is 4.06. The number of nitrogen functional groups attached to an aromatic ring is 1. The third-order valence-electron chi connectivity index (χ3n) is 2.64. The molecule has 0 aliphatic heterocycles. The van der Waals surface area contributed by atoms with Crippen LogP contribution in [0.4, 0.5) is 13.2 Å². The Morgan fingerprint density at radius 3 is 2.20 bits per heavy atom. The van der Waals surface area contributed by atoms with Crippen LogP contribution in [0.25, 0.3) is 0 Å². The lowest BCUT2D eigenvalue weighted by atomic mass is 10.2. The number of amidine groups is 1. The minimum absolute atomic E-state index is 0.0850. The normalized spacial score (nSPS) is 10.3. The van der Waals surface area contributed by atoms with Crippen LogP contribution < -0.4 is 10.5 Å². The summed E-state index contributed by atoms with van der Waals surface area (Å²) in [6, 6.07) is 7.55. The summed E-state index contributed by atoms with van der Waals surface area (Å²) in [5.74, 6) is -3.59. The van der Waals surface area contributed by atoms with E-state index in [1.54, 1.807) is 6.07 Å². The molecule has 2 aromatic rings. The summed E-state index contributed by atoms with van der Waals surface area (Å²) in [6.45, 7) is -0.306. The van der Waals surface area contributed by atoms with Gasteiger partial charge in [0.15, 0.2) is 17.4 Å². The van der Waals surface area contributed by atoms with Crippen molar-refractivity contribution in [2.75, 3.05) is 0 Å². The van der Waals surface area contributed by atoms with Crippen LogP contribution in [0.2, 0.25) is 0 Å².